The van der Waals surface area contributed by atoms with Crippen LogP contribution < -0.4 is 10.6 Å². The van der Waals surface area contributed by atoms with E-state index in [0.717, 1.165) is 45.2 Å². The fourth-order valence-corrected chi connectivity index (χ4v) is 1.94. The average molecular weight is 458 g/mol. The van der Waals surface area contributed by atoms with Gasteiger partial charge in [0.15, 0.2) is 5.96 Å². The first-order chi connectivity index (χ1) is 11.1. The highest BCUT2D eigenvalue weighted by Crippen LogP contribution is 1.93. The molecule has 0 aromatic heterocycles. The average Bonchev–Trinajstić information content (AvgIpc) is 2.52. The Labute approximate surface area is 164 Å². The van der Waals surface area contributed by atoms with Crippen LogP contribution in [0.4, 0.5) is 0 Å². The van der Waals surface area contributed by atoms with Gasteiger partial charge in [-0.1, -0.05) is 0 Å². The number of ether oxygens (including phenoxy) is 2. The second kappa shape index (κ2) is 18.7. The summed E-state index contributed by atoms with van der Waals surface area (Å²) in [6.45, 7) is 9.28. The minimum absolute atomic E-state index is 0. The van der Waals surface area contributed by atoms with Crippen molar-refractivity contribution in [2.45, 2.75) is 33.1 Å². The molecule has 144 valence electrons. The van der Waals surface area contributed by atoms with Gasteiger partial charge in [-0.2, -0.15) is 0 Å². The van der Waals surface area contributed by atoms with Gasteiger partial charge in [-0.05, 0) is 33.7 Å². The van der Waals surface area contributed by atoms with Gasteiger partial charge in [0.2, 0.25) is 0 Å². The number of hydrogen-bond acceptors (Lipinski definition) is 5. The summed E-state index contributed by atoms with van der Waals surface area (Å²) in [5, 5.41) is 6.51. The van der Waals surface area contributed by atoms with Gasteiger partial charge in [0.05, 0.1) is 6.61 Å². The molecule has 0 aliphatic rings. The minimum atomic E-state index is -0.154. The van der Waals surface area contributed by atoms with Crippen LogP contribution in [0, 0.1) is 0 Å². The summed E-state index contributed by atoms with van der Waals surface area (Å²) < 4.78 is 9.94. The maximum atomic E-state index is 11.3. The van der Waals surface area contributed by atoms with Crippen LogP contribution in [0.3, 0.4) is 0 Å². The van der Waals surface area contributed by atoms with E-state index in [4.69, 9.17) is 9.47 Å². The van der Waals surface area contributed by atoms with Crippen molar-refractivity contribution in [3.05, 3.63) is 0 Å². The first-order valence-corrected chi connectivity index (χ1v) is 8.49. The molecule has 0 aromatic carbocycles. The van der Waals surface area contributed by atoms with Crippen molar-refractivity contribution in [2.75, 3.05) is 60.1 Å². The van der Waals surface area contributed by atoms with Crippen LogP contribution >= 0.6 is 24.0 Å². The standard InChI is InChI=1S/C16H34N4O3.HI/c1-5-17-16(18-10-7-9-15(21)23-6-2)19-11-13-20(3)12-8-14-22-4;/h5-14H2,1-4H3,(H2,17,18,19);1H. The van der Waals surface area contributed by atoms with Crippen molar-refractivity contribution in [1.82, 2.24) is 15.5 Å². The van der Waals surface area contributed by atoms with Gasteiger partial charge < -0.3 is 25.0 Å². The summed E-state index contributed by atoms with van der Waals surface area (Å²) in [7, 11) is 3.82. The summed E-state index contributed by atoms with van der Waals surface area (Å²) in [4.78, 5) is 18.0. The zero-order chi connectivity index (χ0) is 17.3. The number of methoxy groups -OCH3 is 1. The largest absolute Gasteiger partial charge is 0.466 e. The molecule has 0 saturated carbocycles. The molecule has 0 unspecified atom stereocenters. The van der Waals surface area contributed by atoms with E-state index in [1.54, 1.807) is 7.11 Å². The Balaban J connectivity index is 0. The molecule has 0 spiro atoms. The highest BCUT2D eigenvalue weighted by Gasteiger charge is 2.02. The molecule has 0 saturated heterocycles. The van der Waals surface area contributed by atoms with Crippen molar-refractivity contribution in [3.63, 3.8) is 0 Å². The van der Waals surface area contributed by atoms with Crippen LogP contribution in [0.15, 0.2) is 4.99 Å². The van der Waals surface area contributed by atoms with Crippen LogP contribution in [-0.2, 0) is 14.3 Å². The minimum Gasteiger partial charge on any atom is -0.466 e. The molecule has 0 radical (unpaired) electrons. The molecule has 0 rings (SSSR count). The topological polar surface area (TPSA) is 75.2 Å². The number of rotatable bonds is 13. The molecule has 8 heteroatoms. The highest BCUT2D eigenvalue weighted by atomic mass is 127. The van der Waals surface area contributed by atoms with E-state index >= 15 is 0 Å². The molecule has 0 aromatic rings. The van der Waals surface area contributed by atoms with Crippen LogP contribution in [-0.4, -0.2) is 76.9 Å². The molecule has 2 N–H and O–H groups in total. The zero-order valence-corrected chi connectivity index (χ0v) is 17.9. The lowest BCUT2D eigenvalue weighted by atomic mass is 10.3. The number of halogens is 1. The van der Waals surface area contributed by atoms with Crippen molar-refractivity contribution < 1.29 is 14.3 Å². The molecule has 24 heavy (non-hydrogen) atoms. The zero-order valence-electron chi connectivity index (χ0n) is 15.6. The molecular weight excluding hydrogens is 423 g/mol. The molecule has 0 bridgehead atoms. The van der Waals surface area contributed by atoms with Crippen molar-refractivity contribution >= 4 is 35.9 Å². The first kappa shape index (κ1) is 25.6. The Morgan fingerprint density at radius 1 is 1.17 bits per heavy atom. The van der Waals surface area contributed by atoms with E-state index in [9.17, 15) is 4.79 Å². The maximum absolute atomic E-state index is 11.3. The summed E-state index contributed by atoms with van der Waals surface area (Å²) >= 11 is 0. The number of nitrogens with one attached hydrogen (secondary N) is 2. The third-order valence-corrected chi connectivity index (χ3v) is 3.13. The van der Waals surface area contributed by atoms with Crippen LogP contribution in [0.5, 0.6) is 0 Å². The van der Waals surface area contributed by atoms with E-state index in [0.29, 0.717) is 26.0 Å². The summed E-state index contributed by atoms with van der Waals surface area (Å²) in [5.41, 5.74) is 0. The lowest BCUT2D eigenvalue weighted by Crippen LogP contribution is -2.41. The smallest absolute Gasteiger partial charge is 0.305 e. The monoisotopic (exact) mass is 458 g/mol. The second-order valence-electron chi connectivity index (χ2n) is 5.25. The maximum Gasteiger partial charge on any atom is 0.305 e. The fraction of sp³-hybridized carbons (Fsp3) is 0.875. The van der Waals surface area contributed by atoms with Crippen LogP contribution in [0.2, 0.25) is 0 Å². The Bertz CT molecular complexity index is 330. The molecule has 0 aliphatic carbocycles. The van der Waals surface area contributed by atoms with Crippen molar-refractivity contribution in [2.24, 2.45) is 4.99 Å². The molecular formula is C16H35IN4O3. The number of carbonyl (C=O) groups excluding carboxylic acids is 1. The van der Waals surface area contributed by atoms with Crippen molar-refractivity contribution in [1.29, 1.82) is 0 Å². The molecule has 0 amide bonds. The normalized spacial score (nSPS) is 11.1. The van der Waals surface area contributed by atoms with E-state index in [2.05, 4.69) is 27.6 Å². The molecule has 7 nitrogen and oxygen atoms in total. The van der Waals surface area contributed by atoms with Gasteiger partial charge in [0, 0.05) is 52.9 Å². The Morgan fingerprint density at radius 3 is 2.54 bits per heavy atom. The van der Waals surface area contributed by atoms with E-state index in [1.807, 2.05) is 13.8 Å². The lowest BCUT2D eigenvalue weighted by Gasteiger charge is -2.18. The second-order valence-corrected chi connectivity index (χ2v) is 5.25. The SMILES string of the molecule is CCNC(=NCCCC(=O)OCC)NCCN(C)CCCOC.I. The van der Waals surface area contributed by atoms with Gasteiger partial charge in [0.25, 0.3) is 0 Å². The van der Waals surface area contributed by atoms with Gasteiger partial charge >= 0.3 is 5.97 Å². The summed E-state index contributed by atoms with van der Waals surface area (Å²) in [5.74, 6) is 0.639. The lowest BCUT2D eigenvalue weighted by molar-refractivity contribution is -0.143. The molecule has 0 aliphatic heterocycles. The summed E-state index contributed by atoms with van der Waals surface area (Å²) in [6, 6.07) is 0. The fourth-order valence-electron chi connectivity index (χ4n) is 1.94. The number of aliphatic imine (C=N–C) groups is 1. The number of guanidine groups is 1. The van der Waals surface area contributed by atoms with Crippen LogP contribution in [0.25, 0.3) is 0 Å². The first-order valence-electron chi connectivity index (χ1n) is 8.49. The van der Waals surface area contributed by atoms with Crippen molar-refractivity contribution in [3.8, 4) is 0 Å². The highest BCUT2D eigenvalue weighted by molar-refractivity contribution is 14.0. The van der Waals surface area contributed by atoms with E-state index in [-0.39, 0.29) is 29.9 Å². The van der Waals surface area contributed by atoms with Gasteiger partial charge in [-0.25, -0.2) is 0 Å². The summed E-state index contributed by atoms with van der Waals surface area (Å²) in [6.07, 6.45) is 2.15. The third-order valence-electron chi connectivity index (χ3n) is 3.13. The number of hydrogen-bond donors (Lipinski definition) is 2. The van der Waals surface area contributed by atoms with Crippen LogP contribution in [0.1, 0.15) is 33.1 Å². The Morgan fingerprint density at radius 2 is 1.92 bits per heavy atom. The molecule has 0 heterocycles. The predicted molar refractivity (Wildman–Crippen MR) is 109 cm³/mol. The van der Waals surface area contributed by atoms with E-state index in [1.165, 1.54) is 0 Å². The number of carbonyl (C=O) groups is 1. The molecule has 0 atom stereocenters. The number of likely N-dealkylation sites (N-methyl/N-ethyl adjacent to an activating group) is 1. The predicted octanol–water partition coefficient (Wildman–Crippen LogP) is 1.47. The Hall–Kier alpha value is -0.610. The number of nitrogens with zero attached hydrogens (tertiary/aromatic N) is 2. The van der Waals surface area contributed by atoms with E-state index < -0.39 is 0 Å². The number of esters is 1. The third kappa shape index (κ3) is 16.3. The van der Waals surface area contributed by atoms with Gasteiger partial charge in [-0.15, -0.1) is 24.0 Å². The quantitative estimate of drug-likeness (QED) is 0.143. The molecule has 0 fully saturated rings. The van der Waals surface area contributed by atoms with Gasteiger partial charge in [-0.3, -0.25) is 9.79 Å². The van der Waals surface area contributed by atoms with Gasteiger partial charge in [0.1, 0.15) is 0 Å². The Kier molecular flexibility index (Phi) is 20.0.